The molecule has 2 aromatic carbocycles. The number of para-hydroxylation sites is 1. The van der Waals surface area contributed by atoms with Crippen LogP contribution in [0.4, 0.5) is 11.4 Å². The predicted octanol–water partition coefficient (Wildman–Crippen LogP) is 3.34. The summed E-state index contributed by atoms with van der Waals surface area (Å²) < 4.78 is 0. The number of carbonyl (C=O) groups is 1. The third-order valence-electron chi connectivity index (χ3n) is 4.04. The number of hydrogen-bond acceptors (Lipinski definition) is 2. The van der Waals surface area contributed by atoms with Crippen molar-refractivity contribution in [3.63, 3.8) is 0 Å². The highest BCUT2D eigenvalue weighted by atomic mass is 16.2. The Bertz CT molecular complexity index is 678. The second kappa shape index (κ2) is 5.24. The molecule has 1 aliphatic heterocycles. The van der Waals surface area contributed by atoms with Crippen LogP contribution in [0, 0.1) is 0 Å². The van der Waals surface area contributed by atoms with Gasteiger partial charge < -0.3 is 9.80 Å². The number of hydrogen-bond donors (Lipinski definition) is 0. The Hall–Kier alpha value is -2.29. The topological polar surface area (TPSA) is 23.6 Å². The first-order chi connectivity index (χ1) is 10.1. The van der Waals surface area contributed by atoms with Crippen LogP contribution in [0.2, 0.25) is 0 Å². The van der Waals surface area contributed by atoms with Gasteiger partial charge in [-0.1, -0.05) is 24.3 Å². The molecular formula is C18H20N2O. The number of fused-ring (bicyclic) bond motifs is 1. The Morgan fingerprint density at radius 1 is 1.14 bits per heavy atom. The Kier molecular flexibility index (Phi) is 3.42. The van der Waals surface area contributed by atoms with Crippen molar-refractivity contribution in [3.8, 4) is 0 Å². The van der Waals surface area contributed by atoms with E-state index in [1.165, 1.54) is 5.56 Å². The minimum absolute atomic E-state index is 0.0798. The van der Waals surface area contributed by atoms with Crippen LogP contribution in [0.5, 0.6) is 0 Å². The van der Waals surface area contributed by atoms with Gasteiger partial charge in [-0.25, -0.2) is 0 Å². The van der Waals surface area contributed by atoms with E-state index in [9.17, 15) is 4.79 Å². The van der Waals surface area contributed by atoms with E-state index in [2.05, 4.69) is 13.0 Å². The molecule has 0 aromatic heterocycles. The van der Waals surface area contributed by atoms with E-state index in [0.29, 0.717) is 0 Å². The largest absolute Gasteiger partial charge is 0.378 e. The van der Waals surface area contributed by atoms with Gasteiger partial charge in [-0.05, 0) is 43.2 Å². The minimum Gasteiger partial charge on any atom is -0.378 e. The van der Waals surface area contributed by atoms with Crippen molar-refractivity contribution < 1.29 is 4.79 Å². The molecule has 0 radical (unpaired) electrons. The first kappa shape index (κ1) is 13.7. The number of rotatable bonds is 2. The Balaban J connectivity index is 1.97. The molecule has 1 heterocycles. The van der Waals surface area contributed by atoms with Gasteiger partial charge in [0.2, 0.25) is 0 Å². The van der Waals surface area contributed by atoms with Crippen LogP contribution < -0.4 is 9.80 Å². The molecule has 21 heavy (non-hydrogen) atoms. The fraction of sp³-hybridized carbons (Fsp3) is 0.278. The average Bonchev–Trinajstić information content (AvgIpc) is 2.82. The minimum atomic E-state index is 0.0798. The molecule has 3 nitrogen and oxygen atoms in total. The number of amides is 1. The van der Waals surface area contributed by atoms with Gasteiger partial charge in [0.1, 0.15) is 0 Å². The Morgan fingerprint density at radius 3 is 2.67 bits per heavy atom. The second-order valence-corrected chi connectivity index (χ2v) is 5.80. The van der Waals surface area contributed by atoms with Crippen LogP contribution in [-0.2, 0) is 6.42 Å². The highest BCUT2D eigenvalue weighted by molar-refractivity contribution is 6.08. The van der Waals surface area contributed by atoms with E-state index < -0.39 is 0 Å². The second-order valence-electron chi connectivity index (χ2n) is 5.80. The fourth-order valence-electron chi connectivity index (χ4n) is 2.93. The highest BCUT2D eigenvalue weighted by Crippen LogP contribution is 2.33. The first-order valence-electron chi connectivity index (χ1n) is 7.27. The molecule has 2 aromatic rings. The molecule has 108 valence electrons. The highest BCUT2D eigenvalue weighted by Gasteiger charge is 2.31. The lowest BCUT2D eigenvalue weighted by atomic mass is 10.1. The van der Waals surface area contributed by atoms with Crippen molar-refractivity contribution in [1.29, 1.82) is 0 Å². The summed E-state index contributed by atoms with van der Waals surface area (Å²) in [7, 11) is 3.97. The van der Waals surface area contributed by atoms with Gasteiger partial charge in [0.25, 0.3) is 5.91 Å². The van der Waals surface area contributed by atoms with Gasteiger partial charge in [-0.3, -0.25) is 4.79 Å². The molecule has 0 saturated heterocycles. The van der Waals surface area contributed by atoms with Crippen molar-refractivity contribution >= 4 is 17.3 Å². The third kappa shape index (κ3) is 2.40. The number of carbonyl (C=O) groups excluding carboxylic acids is 1. The zero-order valence-electron chi connectivity index (χ0n) is 12.7. The van der Waals surface area contributed by atoms with Gasteiger partial charge in [-0.2, -0.15) is 0 Å². The zero-order chi connectivity index (χ0) is 15.0. The van der Waals surface area contributed by atoms with E-state index in [4.69, 9.17) is 0 Å². The van der Waals surface area contributed by atoms with E-state index >= 15 is 0 Å². The summed E-state index contributed by atoms with van der Waals surface area (Å²) in [6.07, 6.45) is 0.926. The Labute approximate surface area is 125 Å². The molecule has 1 atom stereocenters. The SMILES string of the molecule is C[C@H]1Cc2ccccc2N1C(=O)c1cccc(N(C)C)c1. The molecule has 0 N–H and O–H groups in total. The summed E-state index contributed by atoms with van der Waals surface area (Å²) >= 11 is 0. The standard InChI is InChI=1S/C18H20N2O/c1-13-11-14-7-4-5-10-17(14)20(13)18(21)15-8-6-9-16(12-15)19(2)3/h4-10,12-13H,11H2,1-3H3/t13-/m0/s1. The van der Waals surface area contributed by atoms with Crippen LogP contribution in [0.25, 0.3) is 0 Å². The quantitative estimate of drug-likeness (QED) is 0.842. The summed E-state index contributed by atoms with van der Waals surface area (Å²) in [6, 6.07) is 16.2. The van der Waals surface area contributed by atoms with Crippen molar-refractivity contribution in [2.75, 3.05) is 23.9 Å². The monoisotopic (exact) mass is 280 g/mol. The van der Waals surface area contributed by atoms with Gasteiger partial charge >= 0.3 is 0 Å². The first-order valence-corrected chi connectivity index (χ1v) is 7.27. The maximum absolute atomic E-state index is 12.9. The molecule has 0 spiro atoms. The lowest BCUT2D eigenvalue weighted by Gasteiger charge is -2.23. The zero-order valence-corrected chi connectivity index (χ0v) is 12.7. The molecular weight excluding hydrogens is 260 g/mol. The van der Waals surface area contributed by atoms with Crippen molar-refractivity contribution in [2.45, 2.75) is 19.4 Å². The third-order valence-corrected chi connectivity index (χ3v) is 4.04. The summed E-state index contributed by atoms with van der Waals surface area (Å²) in [5.41, 5.74) is 4.08. The number of nitrogens with zero attached hydrogens (tertiary/aromatic N) is 2. The van der Waals surface area contributed by atoms with Gasteiger partial charge in [0.15, 0.2) is 0 Å². The normalized spacial score (nSPS) is 16.7. The Morgan fingerprint density at radius 2 is 1.90 bits per heavy atom. The molecule has 1 aliphatic rings. The molecule has 0 bridgehead atoms. The fourth-order valence-corrected chi connectivity index (χ4v) is 2.93. The van der Waals surface area contributed by atoms with Crippen molar-refractivity contribution in [3.05, 3.63) is 59.7 Å². The molecule has 1 amide bonds. The average molecular weight is 280 g/mol. The van der Waals surface area contributed by atoms with Crippen LogP contribution in [0.3, 0.4) is 0 Å². The number of anilines is 2. The molecule has 3 heteroatoms. The predicted molar refractivity (Wildman–Crippen MR) is 87.2 cm³/mol. The smallest absolute Gasteiger partial charge is 0.258 e. The molecule has 0 fully saturated rings. The van der Waals surface area contributed by atoms with Crippen LogP contribution >= 0.6 is 0 Å². The van der Waals surface area contributed by atoms with E-state index in [1.54, 1.807) is 0 Å². The lowest BCUT2D eigenvalue weighted by molar-refractivity contribution is 0.0981. The van der Waals surface area contributed by atoms with Crippen LogP contribution in [0.15, 0.2) is 48.5 Å². The maximum Gasteiger partial charge on any atom is 0.258 e. The summed E-state index contributed by atoms with van der Waals surface area (Å²) in [5.74, 6) is 0.0798. The van der Waals surface area contributed by atoms with Crippen molar-refractivity contribution in [1.82, 2.24) is 0 Å². The molecule has 0 unspecified atom stereocenters. The van der Waals surface area contributed by atoms with E-state index in [-0.39, 0.29) is 11.9 Å². The van der Waals surface area contributed by atoms with Crippen LogP contribution in [-0.4, -0.2) is 26.0 Å². The molecule has 0 aliphatic carbocycles. The summed E-state index contributed by atoms with van der Waals surface area (Å²) in [4.78, 5) is 16.8. The van der Waals surface area contributed by atoms with Gasteiger partial charge in [0, 0.05) is 37.1 Å². The molecule has 3 rings (SSSR count). The summed E-state index contributed by atoms with van der Waals surface area (Å²) in [6.45, 7) is 2.10. The van der Waals surface area contributed by atoms with Gasteiger partial charge in [0.05, 0.1) is 0 Å². The molecule has 0 saturated carbocycles. The van der Waals surface area contributed by atoms with Crippen LogP contribution in [0.1, 0.15) is 22.8 Å². The lowest BCUT2D eigenvalue weighted by Crippen LogP contribution is -2.35. The summed E-state index contributed by atoms with van der Waals surface area (Å²) in [5, 5.41) is 0. The van der Waals surface area contributed by atoms with Crippen molar-refractivity contribution in [2.24, 2.45) is 0 Å². The van der Waals surface area contributed by atoms with E-state index in [0.717, 1.165) is 23.4 Å². The van der Waals surface area contributed by atoms with Gasteiger partial charge in [-0.15, -0.1) is 0 Å². The number of benzene rings is 2. The van der Waals surface area contributed by atoms with E-state index in [1.807, 2.05) is 66.4 Å². The maximum atomic E-state index is 12.9.